The fourth-order valence-corrected chi connectivity index (χ4v) is 1.55. The standard InChI is InChI=1S/C12H16N2.C2H6/c1-9(2)7-8-12-13-10-5-3-4-6-11(10)14-12;1-2/h3-6,9H,7-8H2,1-2H3,(H,13,14);1-2H3. The number of nitrogens with zero attached hydrogens (tertiary/aromatic N) is 1. The predicted octanol–water partition coefficient (Wildman–Crippen LogP) is 4.18. The van der Waals surface area contributed by atoms with Gasteiger partial charge < -0.3 is 4.98 Å². The fraction of sp³-hybridized carbons (Fsp3) is 0.500. The third-order valence-electron chi connectivity index (χ3n) is 2.40. The molecule has 1 aromatic heterocycles. The number of aromatic amines is 1. The number of nitrogens with one attached hydrogen (secondary N) is 1. The maximum Gasteiger partial charge on any atom is 0.107 e. The lowest BCUT2D eigenvalue weighted by Crippen LogP contribution is -1.93. The third-order valence-corrected chi connectivity index (χ3v) is 2.40. The molecule has 0 amide bonds. The third kappa shape index (κ3) is 3.37. The number of fused-ring (bicyclic) bond motifs is 1. The average molecular weight is 218 g/mol. The molecule has 1 N–H and O–H groups in total. The van der Waals surface area contributed by atoms with Crippen LogP contribution in [0.4, 0.5) is 0 Å². The van der Waals surface area contributed by atoms with E-state index >= 15 is 0 Å². The van der Waals surface area contributed by atoms with Crippen molar-refractivity contribution in [3.63, 3.8) is 0 Å². The average Bonchev–Trinajstić information content (AvgIpc) is 2.71. The van der Waals surface area contributed by atoms with Crippen LogP contribution in [0.15, 0.2) is 24.3 Å². The number of aromatic nitrogens is 2. The van der Waals surface area contributed by atoms with Crippen molar-refractivity contribution in [1.82, 2.24) is 9.97 Å². The second-order valence-electron chi connectivity index (χ2n) is 4.13. The molecular weight excluding hydrogens is 196 g/mol. The Hall–Kier alpha value is -1.31. The Labute approximate surface area is 98.1 Å². The van der Waals surface area contributed by atoms with Gasteiger partial charge >= 0.3 is 0 Å². The number of aryl methyl sites for hydroxylation is 1. The van der Waals surface area contributed by atoms with Crippen LogP contribution < -0.4 is 0 Å². The van der Waals surface area contributed by atoms with Gasteiger partial charge in [0, 0.05) is 6.42 Å². The molecule has 2 nitrogen and oxygen atoms in total. The van der Waals surface area contributed by atoms with Gasteiger partial charge in [0.05, 0.1) is 11.0 Å². The van der Waals surface area contributed by atoms with Crippen molar-refractivity contribution in [2.45, 2.75) is 40.5 Å². The lowest BCUT2D eigenvalue weighted by molar-refractivity contribution is 0.577. The monoisotopic (exact) mass is 218 g/mol. The molecule has 0 aliphatic rings. The van der Waals surface area contributed by atoms with Crippen LogP contribution in [-0.2, 0) is 6.42 Å². The van der Waals surface area contributed by atoms with E-state index in [1.807, 2.05) is 32.0 Å². The first-order valence-electron chi connectivity index (χ1n) is 6.19. The predicted molar refractivity (Wildman–Crippen MR) is 70.6 cm³/mol. The quantitative estimate of drug-likeness (QED) is 0.822. The van der Waals surface area contributed by atoms with Crippen LogP contribution in [0.25, 0.3) is 11.0 Å². The van der Waals surface area contributed by atoms with Gasteiger partial charge in [-0.15, -0.1) is 0 Å². The molecule has 0 aliphatic heterocycles. The zero-order chi connectivity index (χ0) is 12.0. The van der Waals surface area contributed by atoms with Crippen LogP contribution in [0.5, 0.6) is 0 Å². The summed E-state index contributed by atoms with van der Waals surface area (Å²) in [6.07, 6.45) is 2.24. The lowest BCUT2D eigenvalue weighted by atomic mass is 10.1. The van der Waals surface area contributed by atoms with E-state index in [1.165, 1.54) is 6.42 Å². The van der Waals surface area contributed by atoms with Crippen molar-refractivity contribution in [1.29, 1.82) is 0 Å². The van der Waals surface area contributed by atoms with E-state index < -0.39 is 0 Å². The molecule has 0 spiro atoms. The van der Waals surface area contributed by atoms with Gasteiger partial charge in [-0.1, -0.05) is 39.8 Å². The van der Waals surface area contributed by atoms with Gasteiger partial charge in [-0.25, -0.2) is 4.98 Å². The van der Waals surface area contributed by atoms with Crippen molar-refractivity contribution in [2.75, 3.05) is 0 Å². The second kappa shape index (κ2) is 6.31. The maximum absolute atomic E-state index is 4.53. The van der Waals surface area contributed by atoms with Gasteiger partial charge in [0.15, 0.2) is 0 Å². The van der Waals surface area contributed by atoms with Crippen LogP contribution in [0.2, 0.25) is 0 Å². The van der Waals surface area contributed by atoms with Crippen LogP contribution in [-0.4, -0.2) is 9.97 Å². The number of hydrogen-bond acceptors (Lipinski definition) is 1. The minimum absolute atomic E-state index is 0.739. The SMILES string of the molecule is CC.CC(C)CCc1nc2ccccc2[nH]1. The normalized spacial score (nSPS) is 10.3. The molecule has 0 unspecified atom stereocenters. The summed E-state index contributed by atoms with van der Waals surface area (Å²) in [6, 6.07) is 8.17. The van der Waals surface area contributed by atoms with Gasteiger partial charge in [0.1, 0.15) is 5.82 Å². The minimum Gasteiger partial charge on any atom is -0.342 e. The summed E-state index contributed by atoms with van der Waals surface area (Å²) in [5, 5.41) is 0. The summed E-state index contributed by atoms with van der Waals surface area (Å²) in [5.41, 5.74) is 2.22. The minimum atomic E-state index is 0.739. The van der Waals surface area contributed by atoms with Gasteiger partial charge in [0.25, 0.3) is 0 Å². The molecule has 1 aromatic carbocycles. The summed E-state index contributed by atoms with van der Waals surface area (Å²) >= 11 is 0. The largest absolute Gasteiger partial charge is 0.342 e. The zero-order valence-electron chi connectivity index (χ0n) is 10.7. The molecule has 0 bridgehead atoms. The van der Waals surface area contributed by atoms with Crippen molar-refractivity contribution in [3.05, 3.63) is 30.1 Å². The Balaban J connectivity index is 0.000000606. The van der Waals surface area contributed by atoms with Gasteiger partial charge in [-0.3, -0.25) is 0 Å². The number of hydrogen-bond donors (Lipinski definition) is 1. The Kier molecular flexibility index (Phi) is 5.03. The number of benzene rings is 1. The highest BCUT2D eigenvalue weighted by atomic mass is 14.9. The zero-order valence-corrected chi connectivity index (χ0v) is 10.7. The smallest absolute Gasteiger partial charge is 0.107 e. The highest BCUT2D eigenvalue weighted by molar-refractivity contribution is 5.74. The summed E-state index contributed by atoms with van der Waals surface area (Å²) in [4.78, 5) is 7.87. The lowest BCUT2D eigenvalue weighted by Gasteiger charge is -2.00. The molecule has 16 heavy (non-hydrogen) atoms. The fourth-order valence-electron chi connectivity index (χ4n) is 1.55. The topological polar surface area (TPSA) is 28.7 Å². The molecular formula is C14H22N2. The first-order valence-corrected chi connectivity index (χ1v) is 6.19. The Morgan fingerprint density at radius 3 is 2.50 bits per heavy atom. The van der Waals surface area contributed by atoms with Crippen molar-refractivity contribution < 1.29 is 0 Å². The highest BCUT2D eigenvalue weighted by Crippen LogP contribution is 2.12. The second-order valence-corrected chi connectivity index (χ2v) is 4.13. The van der Waals surface area contributed by atoms with E-state index in [0.717, 1.165) is 29.2 Å². The summed E-state index contributed by atoms with van der Waals surface area (Å²) < 4.78 is 0. The molecule has 2 aromatic rings. The molecule has 0 saturated heterocycles. The molecule has 0 radical (unpaired) electrons. The summed E-state index contributed by atoms with van der Waals surface area (Å²) in [6.45, 7) is 8.48. The van der Waals surface area contributed by atoms with Gasteiger partial charge in [-0.2, -0.15) is 0 Å². The number of rotatable bonds is 3. The molecule has 0 aliphatic carbocycles. The van der Waals surface area contributed by atoms with Crippen molar-refractivity contribution in [2.24, 2.45) is 5.92 Å². The van der Waals surface area contributed by atoms with E-state index in [9.17, 15) is 0 Å². The first kappa shape index (κ1) is 12.8. The number of para-hydroxylation sites is 2. The van der Waals surface area contributed by atoms with Gasteiger partial charge in [0.2, 0.25) is 0 Å². The van der Waals surface area contributed by atoms with Crippen molar-refractivity contribution >= 4 is 11.0 Å². The molecule has 2 rings (SSSR count). The van der Waals surface area contributed by atoms with Crippen molar-refractivity contribution in [3.8, 4) is 0 Å². The van der Waals surface area contributed by atoms with E-state index in [0.29, 0.717) is 0 Å². The summed E-state index contributed by atoms with van der Waals surface area (Å²) in [7, 11) is 0. The molecule has 2 heteroatoms. The molecule has 88 valence electrons. The molecule has 1 heterocycles. The Morgan fingerprint density at radius 2 is 1.88 bits per heavy atom. The molecule has 0 fully saturated rings. The van der Waals surface area contributed by atoms with E-state index in [4.69, 9.17) is 0 Å². The molecule has 0 atom stereocenters. The maximum atomic E-state index is 4.53. The van der Waals surface area contributed by atoms with Gasteiger partial charge in [-0.05, 0) is 24.5 Å². The van der Waals surface area contributed by atoms with Crippen LogP contribution >= 0.6 is 0 Å². The van der Waals surface area contributed by atoms with E-state index in [1.54, 1.807) is 0 Å². The Morgan fingerprint density at radius 1 is 1.19 bits per heavy atom. The number of H-pyrrole nitrogens is 1. The van der Waals surface area contributed by atoms with Crippen LogP contribution in [0.3, 0.4) is 0 Å². The number of imidazole rings is 1. The Bertz CT molecular complexity index is 382. The van der Waals surface area contributed by atoms with E-state index in [2.05, 4.69) is 29.9 Å². The van der Waals surface area contributed by atoms with Crippen LogP contribution in [0.1, 0.15) is 39.9 Å². The molecule has 0 saturated carbocycles. The van der Waals surface area contributed by atoms with Crippen LogP contribution in [0, 0.1) is 5.92 Å². The van der Waals surface area contributed by atoms with E-state index in [-0.39, 0.29) is 0 Å². The summed E-state index contributed by atoms with van der Waals surface area (Å²) in [5.74, 6) is 1.85. The first-order chi connectivity index (χ1) is 7.75. The highest BCUT2D eigenvalue weighted by Gasteiger charge is 2.02.